The summed E-state index contributed by atoms with van der Waals surface area (Å²) in [7, 11) is 0.578. The number of nitrogens with zero attached hydrogens (tertiary/aromatic N) is 2. The molecule has 0 radical (unpaired) electrons. The molecule has 1 amide bonds. The van der Waals surface area contributed by atoms with Gasteiger partial charge in [0.2, 0.25) is 0 Å². The van der Waals surface area contributed by atoms with Crippen molar-refractivity contribution in [1.29, 1.82) is 0 Å². The standard InChI is InChI=1S/C14H9F9N4O2/c1-27-10(24-11(28)5-3-2-4-6(26-29)8(5)15)7(13(18,19)20)9(25-27)12(16,17)14(21,22)23/h2-4,26,29H,1H3,(H,24,28)/p+1. The molecule has 0 aliphatic heterocycles. The Kier molecular flexibility index (Phi) is 5.59. The van der Waals surface area contributed by atoms with E-state index in [4.69, 9.17) is 5.21 Å². The van der Waals surface area contributed by atoms with Gasteiger partial charge < -0.3 is 5.32 Å². The number of carbonyl (C=O) groups is 1. The zero-order chi connectivity index (χ0) is 22.4. The van der Waals surface area contributed by atoms with Crippen molar-refractivity contribution in [3.05, 3.63) is 40.8 Å². The highest BCUT2D eigenvalue weighted by molar-refractivity contribution is 6.04. The first-order valence-electron chi connectivity index (χ1n) is 7.29. The third-order valence-electron chi connectivity index (χ3n) is 3.63. The fraction of sp³-hybridized carbons (Fsp3) is 0.286. The molecule has 0 aliphatic rings. The normalized spacial score (nSPS) is 12.9. The van der Waals surface area contributed by atoms with Gasteiger partial charge in [-0.3, -0.25) is 9.48 Å². The fourth-order valence-electron chi connectivity index (χ4n) is 2.29. The Morgan fingerprint density at radius 2 is 1.72 bits per heavy atom. The highest BCUT2D eigenvalue weighted by Crippen LogP contribution is 2.49. The second-order valence-corrected chi connectivity index (χ2v) is 5.56. The lowest BCUT2D eigenvalue weighted by Crippen LogP contribution is -2.74. The van der Waals surface area contributed by atoms with E-state index in [2.05, 4.69) is 5.10 Å². The van der Waals surface area contributed by atoms with Gasteiger partial charge in [-0.2, -0.15) is 50.1 Å². The molecule has 0 atom stereocenters. The SMILES string of the molecule is Cn1nc(C(F)(F)C(F)(F)F)c(C(F)(F)F)c1NC(=O)c1cccc([NH2+]O)c1F. The molecule has 2 rings (SSSR count). The first-order valence-corrected chi connectivity index (χ1v) is 7.29. The van der Waals surface area contributed by atoms with Gasteiger partial charge in [0, 0.05) is 13.1 Å². The topological polar surface area (TPSA) is 83.8 Å². The Hall–Kier alpha value is -2.81. The lowest BCUT2D eigenvalue weighted by molar-refractivity contribution is -0.826. The number of alkyl halides is 8. The lowest BCUT2D eigenvalue weighted by Gasteiger charge is -2.19. The number of nitrogens with one attached hydrogen (secondary N) is 1. The van der Waals surface area contributed by atoms with Crippen molar-refractivity contribution in [2.45, 2.75) is 18.3 Å². The van der Waals surface area contributed by atoms with Crippen molar-refractivity contribution in [1.82, 2.24) is 9.78 Å². The van der Waals surface area contributed by atoms with Gasteiger partial charge in [-0.25, -0.2) is 5.21 Å². The summed E-state index contributed by atoms with van der Waals surface area (Å²) in [6.45, 7) is 0. The van der Waals surface area contributed by atoms with Gasteiger partial charge in [0.15, 0.2) is 17.2 Å². The van der Waals surface area contributed by atoms with E-state index in [0.717, 1.165) is 18.2 Å². The van der Waals surface area contributed by atoms with Crippen molar-refractivity contribution in [3.63, 3.8) is 0 Å². The molecule has 0 unspecified atom stereocenters. The number of quaternary nitrogens is 1. The summed E-state index contributed by atoms with van der Waals surface area (Å²) < 4.78 is 119. The first kappa shape index (κ1) is 22.5. The van der Waals surface area contributed by atoms with Crippen LogP contribution in [0.25, 0.3) is 0 Å². The minimum Gasteiger partial charge on any atom is -0.306 e. The van der Waals surface area contributed by atoms with Gasteiger partial charge in [0.25, 0.3) is 5.91 Å². The molecular weight excluding hydrogens is 427 g/mol. The van der Waals surface area contributed by atoms with Crippen LogP contribution in [-0.4, -0.2) is 27.1 Å². The van der Waals surface area contributed by atoms with Crippen LogP contribution in [0.1, 0.15) is 21.6 Å². The number of nitrogens with two attached hydrogens (primary N) is 1. The molecule has 29 heavy (non-hydrogen) atoms. The van der Waals surface area contributed by atoms with Gasteiger partial charge in [-0.1, -0.05) is 6.07 Å². The molecule has 0 saturated carbocycles. The monoisotopic (exact) mass is 437 g/mol. The number of aromatic nitrogens is 2. The predicted molar refractivity (Wildman–Crippen MR) is 75.9 cm³/mol. The molecule has 1 aromatic carbocycles. The zero-order valence-electron chi connectivity index (χ0n) is 14.0. The summed E-state index contributed by atoms with van der Waals surface area (Å²) in [6, 6.07) is 2.82. The number of hydrogen-bond acceptors (Lipinski definition) is 3. The van der Waals surface area contributed by atoms with E-state index in [9.17, 15) is 44.3 Å². The van der Waals surface area contributed by atoms with Crippen LogP contribution >= 0.6 is 0 Å². The molecule has 0 fully saturated rings. The molecule has 4 N–H and O–H groups in total. The molecule has 0 bridgehead atoms. The quantitative estimate of drug-likeness (QED) is 0.391. The minimum atomic E-state index is -6.40. The first-order chi connectivity index (χ1) is 13.1. The fourth-order valence-corrected chi connectivity index (χ4v) is 2.29. The molecule has 2 aromatic rings. The summed E-state index contributed by atoms with van der Waals surface area (Å²) in [6.07, 6.45) is -12.2. The molecular formula is C14H10F9N4O2+. The van der Waals surface area contributed by atoms with Crippen LogP contribution in [0.5, 0.6) is 0 Å². The van der Waals surface area contributed by atoms with Crippen LogP contribution in [0, 0.1) is 5.82 Å². The van der Waals surface area contributed by atoms with E-state index < -0.39 is 58.3 Å². The maximum Gasteiger partial charge on any atom is 0.459 e. The molecule has 160 valence electrons. The van der Waals surface area contributed by atoms with E-state index in [0.29, 0.717) is 7.05 Å². The van der Waals surface area contributed by atoms with Gasteiger partial charge in [0.05, 0.1) is 5.56 Å². The number of carbonyl (C=O) groups excluding carboxylic acids is 1. The second kappa shape index (κ2) is 7.22. The van der Waals surface area contributed by atoms with Crippen molar-refractivity contribution in [3.8, 4) is 0 Å². The van der Waals surface area contributed by atoms with Gasteiger partial charge >= 0.3 is 18.3 Å². The average molecular weight is 437 g/mol. The van der Waals surface area contributed by atoms with Gasteiger partial charge in [-0.15, -0.1) is 0 Å². The van der Waals surface area contributed by atoms with Crippen molar-refractivity contribution >= 4 is 17.4 Å². The summed E-state index contributed by atoms with van der Waals surface area (Å²) in [4.78, 5) is 12.1. The predicted octanol–water partition coefficient (Wildman–Crippen LogP) is 3.07. The number of amides is 1. The molecule has 6 nitrogen and oxygen atoms in total. The van der Waals surface area contributed by atoms with E-state index >= 15 is 0 Å². The second-order valence-electron chi connectivity index (χ2n) is 5.56. The number of rotatable bonds is 4. The van der Waals surface area contributed by atoms with Crippen LogP contribution in [0.3, 0.4) is 0 Å². The molecule has 1 heterocycles. The van der Waals surface area contributed by atoms with Crippen LogP contribution in [-0.2, 0) is 19.1 Å². The van der Waals surface area contributed by atoms with E-state index in [1.54, 1.807) is 0 Å². The van der Waals surface area contributed by atoms with Crippen LogP contribution < -0.4 is 10.8 Å². The maximum atomic E-state index is 14.0. The highest BCUT2D eigenvalue weighted by atomic mass is 19.4. The summed E-state index contributed by atoms with van der Waals surface area (Å²) in [5.74, 6) is -10.5. The third-order valence-corrected chi connectivity index (χ3v) is 3.63. The lowest BCUT2D eigenvalue weighted by atomic mass is 10.1. The minimum absolute atomic E-state index is 0.0460. The number of halogens is 9. The Morgan fingerprint density at radius 1 is 1.14 bits per heavy atom. The van der Waals surface area contributed by atoms with Gasteiger partial charge in [-0.05, 0) is 6.07 Å². The van der Waals surface area contributed by atoms with E-state index in [1.807, 2.05) is 0 Å². The van der Waals surface area contributed by atoms with Crippen LogP contribution in [0.2, 0.25) is 0 Å². The Bertz CT molecular complexity index is 934. The van der Waals surface area contributed by atoms with E-state index in [-0.39, 0.29) is 10.2 Å². The zero-order valence-corrected chi connectivity index (χ0v) is 14.0. The molecule has 1 aromatic heterocycles. The van der Waals surface area contributed by atoms with Crippen LogP contribution in [0.15, 0.2) is 18.2 Å². The molecule has 0 spiro atoms. The summed E-state index contributed by atoms with van der Waals surface area (Å²) in [5.41, 5.74) is -6.40. The van der Waals surface area contributed by atoms with Crippen molar-refractivity contribution in [2.75, 3.05) is 5.32 Å². The number of aryl methyl sites for hydroxylation is 1. The van der Waals surface area contributed by atoms with Gasteiger partial charge in [0.1, 0.15) is 11.4 Å². The third kappa shape index (κ3) is 4.00. The Balaban J connectivity index is 2.62. The smallest absolute Gasteiger partial charge is 0.306 e. The number of benzene rings is 1. The number of anilines is 1. The maximum absolute atomic E-state index is 14.0. The van der Waals surface area contributed by atoms with Crippen molar-refractivity contribution in [2.24, 2.45) is 7.05 Å². The van der Waals surface area contributed by atoms with E-state index in [1.165, 1.54) is 5.32 Å². The Morgan fingerprint density at radius 3 is 2.21 bits per heavy atom. The largest absolute Gasteiger partial charge is 0.459 e. The highest BCUT2D eigenvalue weighted by Gasteiger charge is 2.64. The van der Waals surface area contributed by atoms with Crippen LogP contribution in [0.4, 0.5) is 51.0 Å². The van der Waals surface area contributed by atoms with Crippen molar-refractivity contribution < 1.29 is 55.0 Å². The molecule has 15 heteroatoms. The average Bonchev–Trinajstić information content (AvgIpc) is 2.91. The Labute approximate surface area is 154 Å². The molecule has 0 aliphatic carbocycles. The number of hydrogen-bond donors (Lipinski definition) is 3. The summed E-state index contributed by atoms with van der Waals surface area (Å²) in [5, 5.41) is 12.9. The molecule has 0 saturated heterocycles. The summed E-state index contributed by atoms with van der Waals surface area (Å²) >= 11 is 0.